The minimum Gasteiger partial charge on any atom is -0.350 e. The summed E-state index contributed by atoms with van der Waals surface area (Å²) in [7, 11) is 0. The number of hydrogen-bond acceptors (Lipinski definition) is 1. The minimum absolute atomic E-state index is 0.231. The highest BCUT2D eigenvalue weighted by Crippen LogP contribution is 2.42. The van der Waals surface area contributed by atoms with Crippen molar-refractivity contribution in [2.24, 2.45) is 5.92 Å². The van der Waals surface area contributed by atoms with Crippen LogP contribution in [0.5, 0.6) is 0 Å². The highest BCUT2D eigenvalue weighted by Gasteiger charge is 2.45. The molecule has 1 saturated carbocycles. The van der Waals surface area contributed by atoms with Crippen LogP contribution in [0.15, 0.2) is 0 Å². The predicted molar refractivity (Wildman–Crippen MR) is 54.5 cm³/mol. The molecular formula is C11H21NO. The Balaban J connectivity index is 0.000000396. The van der Waals surface area contributed by atoms with Crippen molar-refractivity contribution in [1.82, 2.24) is 5.32 Å². The lowest BCUT2D eigenvalue weighted by Crippen LogP contribution is -2.60. The fourth-order valence-electron chi connectivity index (χ4n) is 2.26. The summed E-state index contributed by atoms with van der Waals surface area (Å²) in [6.45, 7) is 6.26. The Morgan fingerprint density at radius 1 is 1.38 bits per heavy atom. The number of nitrogens with one attached hydrogen (secondary N) is 1. The summed E-state index contributed by atoms with van der Waals surface area (Å²) in [6.07, 6.45) is 5.54. The summed E-state index contributed by atoms with van der Waals surface area (Å²) < 4.78 is 0. The van der Waals surface area contributed by atoms with E-state index in [1.807, 2.05) is 13.8 Å². The maximum atomic E-state index is 11.1. The van der Waals surface area contributed by atoms with Gasteiger partial charge in [0.1, 0.15) is 0 Å². The molecule has 1 unspecified atom stereocenters. The van der Waals surface area contributed by atoms with Gasteiger partial charge in [-0.05, 0) is 31.6 Å². The van der Waals surface area contributed by atoms with Gasteiger partial charge in [-0.3, -0.25) is 4.79 Å². The molecule has 0 aromatic heterocycles. The molecule has 0 aromatic rings. The van der Waals surface area contributed by atoms with Gasteiger partial charge in [0.25, 0.3) is 0 Å². The van der Waals surface area contributed by atoms with Crippen LogP contribution in [0, 0.1) is 5.92 Å². The van der Waals surface area contributed by atoms with E-state index >= 15 is 0 Å². The average molecular weight is 183 g/mol. The number of rotatable bonds is 0. The summed E-state index contributed by atoms with van der Waals surface area (Å²) >= 11 is 0. The maximum absolute atomic E-state index is 11.1. The second-order valence-corrected chi connectivity index (χ2v) is 4.00. The summed E-state index contributed by atoms with van der Waals surface area (Å²) in [5.41, 5.74) is 0.231. The Morgan fingerprint density at radius 3 is 2.38 bits per heavy atom. The highest BCUT2D eigenvalue weighted by atomic mass is 16.1. The smallest absolute Gasteiger partial charge is 0.220 e. The van der Waals surface area contributed by atoms with Crippen LogP contribution < -0.4 is 5.32 Å². The summed E-state index contributed by atoms with van der Waals surface area (Å²) in [5.74, 6) is 0.969. The monoisotopic (exact) mass is 183 g/mol. The number of piperidine rings is 1. The first-order valence-electron chi connectivity index (χ1n) is 5.54. The van der Waals surface area contributed by atoms with Gasteiger partial charge < -0.3 is 5.32 Å². The van der Waals surface area contributed by atoms with Gasteiger partial charge in [0.15, 0.2) is 0 Å². The lowest BCUT2D eigenvalue weighted by molar-refractivity contribution is -0.128. The molecule has 1 saturated heterocycles. The van der Waals surface area contributed by atoms with Crippen molar-refractivity contribution in [3.05, 3.63) is 0 Å². The molecule has 2 rings (SSSR count). The highest BCUT2D eigenvalue weighted by molar-refractivity contribution is 5.78. The van der Waals surface area contributed by atoms with E-state index in [1.165, 1.54) is 19.3 Å². The lowest BCUT2D eigenvalue weighted by atomic mass is 9.65. The zero-order chi connectivity index (χ0) is 9.90. The third-order valence-corrected chi connectivity index (χ3v) is 3.38. The van der Waals surface area contributed by atoms with Crippen LogP contribution in [-0.4, -0.2) is 11.4 Å². The van der Waals surface area contributed by atoms with Crippen LogP contribution in [0.4, 0.5) is 0 Å². The van der Waals surface area contributed by atoms with E-state index in [1.54, 1.807) is 0 Å². The second kappa shape index (κ2) is 4.12. The van der Waals surface area contributed by atoms with Crippen LogP contribution in [0.2, 0.25) is 0 Å². The molecule has 1 heterocycles. The largest absolute Gasteiger partial charge is 0.350 e. The first-order valence-corrected chi connectivity index (χ1v) is 5.54. The average Bonchev–Trinajstić information content (AvgIpc) is 2.10. The Morgan fingerprint density at radius 2 is 2.00 bits per heavy atom. The molecule has 13 heavy (non-hydrogen) atoms. The first-order chi connectivity index (χ1) is 6.23. The minimum atomic E-state index is 0.231. The van der Waals surface area contributed by atoms with Gasteiger partial charge in [-0.25, -0.2) is 0 Å². The Bertz CT molecular complexity index is 185. The third-order valence-electron chi connectivity index (χ3n) is 3.38. The molecule has 2 aliphatic rings. The molecule has 2 nitrogen and oxygen atoms in total. The molecule has 2 heteroatoms. The molecule has 1 atom stereocenters. The fourth-order valence-corrected chi connectivity index (χ4v) is 2.26. The SMILES string of the molecule is CC.CC1CCC(=O)NC12CCC2. The van der Waals surface area contributed by atoms with Crippen LogP contribution in [0.3, 0.4) is 0 Å². The van der Waals surface area contributed by atoms with E-state index in [9.17, 15) is 4.79 Å². The maximum Gasteiger partial charge on any atom is 0.220 e. The van der Waals surface area contributed by atoms with E-state index < -0.39 is 0 Å². The van der Waals surface area contributed by atoms with Crippen molar-refractivity contribution < 1.29 is 4.79 Å². The summed E-state index contributed by atoms with van der Waals surface area (Å²) in [4.78, 5) is 11.1. The van der Waals surface area contributed by atoms with Gasteiger partial charge in [0.2, 0.25) is 5.91 Å². The molecule has 76 valence electrons. The number of carbonyl (C=O) groups is 1. The normalized spacial score (nSPS) is 29.8. The first kappa shape index (κ1) is 10.6. The van der Waals surface area contributed by atoms with E-state index in [-0.39, 0.29) is 11.4 Å². The van der Waals surface area contributed by atoms with E-state index in [0.717, 1.165) is 12.8 Å². The molecule has 0 aromatic carbocycles. The van der Waals surface area contributed by atoms with E-state index in [2.05, 4.69) is 12.2 Å². The number of carbonyl (C=O) groups excluding carboxylic acids is 1. The quantitative estimate of drug-likeness (QED) is 0.614. The van der Waals surface area contributed by atoms with Gasteiger partial charge in [-0.2, -0.15) is 0 Å². The van der Waals surface area contributed by atoms with Crippen molar-refractivity contribution in [2.45, 2.75) is 58.4 Å². The van der Waals surface area contributed by atoms with Gasteiger partial charge in [0.05, 0.1) is 0 Å². The molecule has 2 fully saturated rings. The Kier molecular flexibility index (Phi) is 3.34. The number of amides is 1. The van der Waals surface area contributed by atoms with Crippen molar-refractivity contribution in [3.8, 4) is 0 Å². The van der Waals surface area contributed by atoms with Crippen LogP contribution in [-0.2, 0) is 4.79 Å². The van der Waals surface area contributed by atoms with Crippen molar-refractivity contribution in [2.75, 3.05) is 0 Å². The van der Waals surface area contributed by atoms with Gasteiger partial charge in [0, 0.05) is 12.0 Å². The number of hydrogen-bond donors (Lipinski definition) is 1. The molecular weight excluding hydrogens is 162 g/mol. The molecule has 0 bridgehead atoms. The zero-order valence-electron chi connectivity index (χ0n) is 9.02. The van der Waals surface area contributed by atoms with Crippen molar-refractivity contribution in [3.63, 3.8) is 0 Å². The van der Waals surface area contributed by atoms with Crippen LogP contribution >= 0.6 is 0 Å². The van der Waals surface area contributed by atoms with Crippen molar-refractivity contribution >= 4 is 5.91 Å². The van der Waals surface area contributed by atoms with Gasteiger partial charge >= 0.3 is 0 Å². The topological polar surface area (TPSA) is 29.1 Å². The Hall–Kier alpha value is -0.530. The molecule has 1 aliphatic carbocycles. The lowest BCUT2D eigenvalue weighted by Gasteiger charge is -2.49. The molecule has 1 spiro atoms. The molecule has 1 N–H and O–H groups in total. The predicted octanol–water partition coefficient (Wildman–Crippen LogP) is 2.48. The molecule has 1 amide bonds. The summed E-state index contributed by atoms with van der Waals surface area (Å²) in [5, 5.41) is 3.14. The van der Waals surface area contributed by atoms with Crippen LogP contribution in [0.1, 0.15) is 52.9 Å². The Labute approximate surface area is 81.1 Å². The van der Waals surface area contributed by atoms with E-state index in [0.29, 0.717) is 5.92 Å². The molecule has 0 radical (unpaired) electrons. The standard InChI is InChI=1S/C9H15NO.C2H6/c1-7-3-4-8(11)10-9(7)5-2-6-9;1-2/h7H,2-6H2,1H3,(H,10,11);1-2H3. The molecule has 1 aliphatic heterocycles. The van der Waals surface area contributed by atoms with Crippen LogP contribution in [0.25, 0.3) is 0 Å². The summed E-state index contributed by atoms with van der Waals surface area (Å²) in [6, 6.07) is 0. The zero-order valence-corrected chi connectivity index (χ0v) is 9.02. The third kappa shape index (κ3) is 1.87. The van der Waals surface area contributed by atoms with E-state index in [4.69, 9.17) is 0 Å². The fraction of sp³-hybridized carbons (Fsp3) is 0.909. The van der Waals surface area contributed by atoms with Gasteiger partial charge in [-0.1, -0.05) is 20.8 Å². The second-order valence-electron chi connectivity index (χ2n) is 4.00. The van der Waals surface area contributed by atoms with Gasteiger partial charge in [-0.15, -0.1) is 0 Å². The van der Waals surface area contributed by atoms with Crippen molar-refractivity contribution in [1.29, 1.82) is 0 Å².